The summed E-state index contributed by atoms with van der Waals surface area (Å²) < 4.78 is 6.33. The summed E-state index contributed by atoms with van der Waals surface area (Å²) in [5, 5.41) is 15.9. The van der Waals surface area contributed by atoms with Crippen LogP contribution in [-0.4, -0.2) is 35.2 Å². The smallest absolute Gasteiger partial charge is 0.214 e. The number of hydrogen-bond donors (Lipinski definition) is 3. The summed E-state index contributed by atoms with van der Waals surface area (Å²) in [4.78, 5) is 4.24. The van der Waals surface area contributed by atoms with E-state index in [1.807, 2.05) is 32.9 Å². The van der Waals surface area contributed by atoms with E-state index in [4.69, 9.17) is 4.74 Å². The zero-order valence-electron chi connectivity index (χ0n) is 12.5. The first-order valence-corrected chi connectivity index (χ1v) is 7.50. The number of aliphatic hydroxyl groups excluding tert-OH is 1. The van der Waals surface area contributed by atoms with Gasteiger partial charge in [0, 0.05) is 23.8 Å². The number of nitrogens with zero attached hydrogens (tertiary/aromatic N) is 1. The third-order valence-corrected chi connectivity index (χ3v) is 2.93. The molecule has 1 aromatic heterocycles. The van der Waals surface area contributed by atoms with Crippen LogP contribution in [0, 0.1) is 5.92 Å². The van der Waals surface area contributed by atoms with E-state index in [9.17, 15) is 5.11 Å². The quantitative estimate of drug-likeness (QED) is 0.662. The highest BCUT2D eigenvalue weighted by atomic mass is 79.9. The van der Waals surface area contributed by atoms with Crippen molar-refractivity contribution in [2.75, 3.05) is 18.4 Å². The standard InChI is InChI=1S/C14H24BrN3O2/c1-10(8-18-13(19)20-14(2,3)4)7-16-12-6-5-11(15)9-17-12/h5-6,9-10,13,18-19H,7-8H2,1-4H3,(H,16,17). The van der Waals surface area contributed by atoms with Crippen LogP contribution in [0.4, 0.5) is 5.82 Å². The molecule has 0 saturated heterocycles. The molecule has 3 N–H and O–H groups in total. The average Bonchev–Trinajstić information content (AvgIpc) is 2.33. The number of ether oxygens (including phenoxy) is 1. The van der Waals surface area contributed by atoms with Gasteiger partial charge in [-0.05, 0) is 54.8 Å². The molecule has 0 fully saturated rings. The van der Waals surface area contributed by atoms with Crippen LogP contribution in [0.5, 0.6) is 0 Å². The van der Waals surface area contributed by atoms with Crippen LogP contribution in [0.3, 0.4) is 0 Å². The third-order valence-electron chi connectivity index (χ3n) is 2.47. The van der Waals surface area contributed by atoms with Gasteiger partial charge in [-0.2, -0.15) is 0 Å². The zero-order chi connectivity index (χ0) is 15.2. The summed E-state index contributed by atoms with van der Waals surface area (Å²) in [6.07, 6.45) is 0.815. The molecule has 114 valence electrons. The van der Waals surface area contributed by atoms with Crippen molar-refractivity contribution in [2.45, 2.75) is 39.7 Å². The second-order valence-corrected chi connectivity index (χ2v) is 6.75. The summed E-state index contributed by atoms with van der Waals surface area (Å²) in [5.74, 6) is 1.17. The maximum atomic E-state index is 9.68. The van der Waals surface area contributed by atoms with Gasteiger partial charge in [0.1, 0.15) is 5.82 Å². The molecule has 0 aliphatic heterocycles. The van der Waals surface area contributed by atoms with E-state index < -0.39 is 6.41 Å². The van der Waals surface area contributed by atoms with Gasteiger partial charge in [0.15, 0.2) is 0 Å². The Morgan fingerprint density at radius 3 is 2.60 bits per heavy atom. The summed E-state index contributed by atoms with van der Waals surface area (Å²) in [7, 11) is 0. The number of hydrogen-bond acceptors (Lipinski definition) is 5. The molecule has 1 aromatic rings. The molecular weight excluding hydrogens is 322 g/mol. The number of nitrogens with one attached hydrogen (secondary N) is 2. The fourth-order valence-electron chi connectivity index (χ4n) is 1.51. The predicted octanol–water partition coefficient (Wildman–Crippen LogP) is 2.57. The minimum atomic E-state index is -0.941. The Hall–Kier alpha value is -0.690. The van der Waals surface area contributed by atoms with Crippen molar-refractivity contribution in [3.05, 3.63) is 22.8 Å². The molecule has 0 spiro atoms. The van der Waals surface area contributed by atoms with Crippen molar-refractivity contribution in [1.29, 1.82) is 0 Å². The first-order valence-electron chi connectivity index (χ1n) is 6.71. The van der Waals surface area contributed by atoms with Crippen LogP contribution < -0.4 is 10.6 Å². The second-order valence-electron chi connectivity index (χ2n) is 5.84. The Balaban J connectivity index is 2.23. The van der Waals surface area contributed by atoms with Crippen LogP contribution in [0.2, 0.25) is 0 Å². The van der Waals surface area contributed by atoms with E-state index in [-0.39, 0.29) is 5.60 Å². The Morgan fingerprint density at radius 1 is 1.35 bits per heavy atom. The molecule has 0 radical (unpaired) electrons. The minimum absolute atomic E-state index is 0.332. The number of halogens is 1. The van der Waals surface area contributed by atoms with Crippen molar-refractivity contribution in [2.24, 2.45) is 5.92 Å². The maximum Gasteiger partial charge on any atom is 0.214 e. The topological polar surface area (TPSA) is 66.4 Å². The summed E-state index contributed by atoms with van der Waals surface area (Å²) in [5.41, 5.74) is -0.366. The Kier molecular flexibility index (Phi) is 6.88. The van der Waals surface area contributed by atoms with Crippen LogP contribution in [-0.2, 0) is 4.74 Å². The molecule has 0 aliphatic rings. The lowest BCUT2D eigenvalue weighted by Gasteiger charge is -2.25. The molecule has 0 amide bonds. The summed E-state index contributed by atoms with van der Waals surface area (Å²) >= 11 is 3.35. The summed E-state index contributed by atoms with van der Waals surface area (Å²) in [6, 6.07) is 3.86. The molecule has 1 heterocycles. The lowest BCUT2D eigenvalue weighted by molar-refractivity contribution is -0.182. The van der Waals surface area contributed by atoms with E-state index >= 15 is 0 Å². The third kappa shape index (κ3) is 7.79. The lowest BCUT2D eigenvalue weighted by atomic mass is 10.2. The average molecular weight is 346 g/mol. The van der Waals surface area contributed by atoms with Gasteiger partial charge in [0.05, 0.1) is 5.60 Å². The molecule has 1 rings (SSSR count). The fraction of sp³-hybridized carbons (Fsp3) is 0.643. The molecule has 0 saturated carbocycles. The SMILES string of the molecule is CC(CNc1ccc(Br)cn1)CNC(O)OC(C)(C)C. The van der Waals surface area contributed by atoms with E-state index in [1.165, 1.54) is 0 Å². The molecule has 2 unspecified atom stereocenters. The van der Waals surface area contributed by atoms with Crippen molar-refractivity contribution >= 4 is 21.7 Å². The van der Waals surface area contributed by atoms with Gasteiger partial charge in [0.2, 0.25) is 6.41 Å². The highest BCUT2D eigenvalue weighted by Gasteiger charge is 2.16. The molecule has 6 heteroatoms. The minimum Gasteiger partial charge on any atom is -0.370 e. The molecular formula is C14H24BrN3O2. The van der Waals surface area contributed by atoms with Gasteiger partial charge in [-0.25, -0.2) is 4.98 Å². The second kappa shape index (κ2) is 7.93. The number of aliphatic hydroxyl groups is 1. The molecule has 0 aliphatic carbocycles. The van der Waals surface area contributed by atoms with Gasteiger partial charge in [-0.3, -0.25) is 5.32 Å². The highest BCUT2D eigenvalue weighted by Crippen LogP contribution is 2.11. The highest BCUT2D eigenvalue weighted by molar-refractivity contribution is 9.10. The van der Waals surface area contributed by atoms with Gasteiger partial charge in [0.25, 0.3) is 0 Å². The molecule has 2 atom stereocenters. The molecule has 0 bridgehead atoms. The van der Waals surface area contributed by atoms with Crippen molar-refractivity contribution in [3.8, 4) is 0 Å². The number of pyridine rings is 1. The first-order chi connectivity index (χ1) is 9.26. The molecule has 20 heavy (non-hydrogen) atoms. The van der Waals surface area contributed by atoms with Gasteiger partial charge >= 0.3 is 0 Å². The van der Waals surface area contributed by atoms with Crippen LogP contribution in [0.15, 0.2) is 22.8 Å². The van der Waals surface area contributed by atoms with Crippen molar-refractivity contribution < 1.29 is 9.84 Å². The van der Waals surface area contributed by atoms with Crippen molar-refractivity contribution in [1.82, 2.24) is 10.3 Å². The maximum absolute atomic E-state index is 9.68. The Morgan fingerprint density at radius 2 is 2.05 bits per heavy atom. The Bertz CT molecular complexity index is 392. The van der Waals surface area contributed by atoms with E-state index in [2.05, 4.69) is 38.5 Å². The van der Waals surface area contributed by atoms with Crippen LogP contribution in [0.1, 0.15) is 27.7 Å². The predicted molar refractivity (Wildman–Crippen MR) is 84.4 cm³/mol. The summed E-state index contributed by atoms with van der Waals surface area (Å²) in [6.45, 7) is 9.22. The van der Waals surface area contributed by atoms with Crippen molar-refractivity contribution in [3.63, 3.8) is 0 Å². The normalized spacial score (nSPS) is 14.9. The first kappa shape index (κ1) is 17.4. The number of anilines is 1. The fourth-order valence-corrected chi connectivity index (χ4v) is 1.74. The van der Waals surface area contributed by atoms with E-state index in [0.29, 0.717) is 12.5 Å². The van der Waals surface area contributed by atoms with Gasteiger partial charge < -0.3 is 15.2 Å². The van der Waals surface area contributed by atoms with Crippen LogP contribution in [0.25, 0.3) is 0 Å². The number of rotatable bonds is 7. The zero-order valence-corrected chi connectivity index (χ0v) is 14.1. The largest absolute Gasteiger partial charge is 0.370 e. The molecule has 5 nitrogen and oxygen atoms in total. The van der Waals surface area contributed by atoms with E-state index in [1.54, 1.807) is 6.20 Å². The molecule has 0 aromatic carbocycles. The van der Waals surface area contributed by atoms with Gasteiger partial charge in [-0.1, -0.05) is 6.92 Å². The Labute approximate surface area is 129 Å². The number of aromatic nitrogens is 1. The van der Waals surface area contributed by atoms with Gasteiger partial charge in [-0.15, -0.1) is 0 Å². The lowest BCUT2D eigenvalue weighted by Crippen LogP contribution is -2.40. The monoisotopic (exact) mass is 345 g/mol. The van der Waals surface area contributed by atoms with Crippen LogP contribution >= 0.6 is 15.9 Å². The van der Waals surface area contributed by atoms with E-state index in [0.717, 1.165) is 16.8 Å².